The molecule has 18 heavy (non-hydrogen) atoms. The first-order valence-electron chi connectivity index (χ1n) is 5.43. The molecular formula is C13H12ClFN2O. The Hall–Kier alpha value is -1.81. The number of nitrogens with zero attached hydrogens (tertiary/aromatic N) is 1. The van der Waals surface area contributed by atoms with E-state index in [0.717, 1.165) is 5.69 Å². The van der Waals surface area contributed by atoms with Gasteiger partial charge in [0.25, 0.3) is 0 Å². The van der Waals surface area contributed by atoms with E-state index in [1.54, 1.807) is 18.3 Å². The van der Waals surface area contributed by atoms with Gasteiger partial charge < -0.3 is 10.4 Å². The molecule has 1 aromatic carbocycles. The minimum Gasteiger partial charge on any atom is -0.508 e. The highest BCUT2D eigenvalue weighted by Gasteiger charge is 2.11. The molecule has 2 N–H and O–H groups in total. The predicted molar refractivity (Wildman–Crippen MR) is 69.3 cm³/mol. The van der Waals surface area contributed by atoms with Crippen LogP contribution in [0.5, 0.6) is 5.75 Å². The molecule has 94 valence electrons. The van der Waals surface area contributed by atoms with Crippen molar-refractivity contribution in [1.82, 2.24) is 4.98 Å². The fraction of sp³-hybridized carbons (Fsp3) is 0.154. The van der Waals surface area contributed by atoms with Crippen LogP contribution in [0.4, 0.5) is 10.1 Å². The predicted octanol–water partition coefficient (Wildman–Crippen LogP) is 3.75. The molecular weight excluding hydrogens is 255 g/mol. The van der Waals surface area contributed by atoms with Crippen LogP contribution in [0.25, 0.3) is 0 Å². The highest BCUT2D eigenvalue weighted by atomic mass is 35.5. The molecule has 1 atom stereocenters. The number of aromatic nitrogens is 1. The Morgan fingerprint density at radius 1 is 1.33 bits per heavy atom. The summed E-state index contributed by atoms with van der Waals surface area (Å²) in [6.45, 7) is 1.82. The van der Waals surface area contributed by atoms with E-state index in [1.807, 2.05) is 6.92 Å². The van der Waals surface area contributed by atoms with Crippen molar-refractivity contribution in [2.45, 2.75) is 13.0 Å². The topological polar surface area (TPSA) is 45.2 Å². The summed E-state index contributed by atoms with van der Waals surface area (Å²) in [6.07, 6.45) is 1.58. The van der Waals surface area contributed by atoms with Crippen LogP contribution in [0.1, 0.15) is 18.5 Å². The van der Waals surface area contributed by atoms with Crippen molar-refractivity contribution >= 4 is 17.3 Å². The third kappa shape index (κ3) is 2.90. The van der Waals surface area contributed by atoms with E-state index in [2.05, 4.69) is 10.3 Å². The zero-order chi connectivity index (χ0) is 13.1. The van der Waals surface area contributed by atoms with E-state index in [-0.39, 0.29) is 17.6 Å². The molecule has 1 unspecified atom stereocenters. The fourth-order valence-electron chi connectivity index (χ4n) is 1.66. The van der Waals surface area contributed by atoms with Crippen molar-refractivity contribution in [2.75, 3.05) is 5.32 Å². The molecule has 5 heteroatoms. The molecule has 0 bridgehead atoms. The van der Waals surface area contributed by atoms with Gasteiger partial charge in [0, 0.05) is 5.56 Å². The molecule has 0 aliphatic rings. The minimum absolute atomic E-state index is 0.0540. The molecule has 2 rings (SSSR count). The number of pyridine rings is 1. The molecule has 1 aromatic heterocycles. The molecule has 0 spiro atoms. The van der Waals surface area contributed by atoms with Crippen molar-refractivity contribution in [1.29, 1.82) is 0 Å². The van der Waals surface area contributed by atoms with Crippen LogP contribution in [0, 0.1) is 5.82 Å². The summed E-state index contributed by atoms with van der Waals surface area (Å²) in [6, 6.07) is 7.03. The lowest BCUT2D eigenvalue weighted by atomic mass is 10.1. The quantitative estimate of drug-likeness (QED) is 0.832. The first-order valence-corrected chi connectivity index (χ1v) is 5.80. The smallest absolute Gasteiger partial charge is 0.129 e. The normalized spacial score (nSPS) is 12.2. The van der Waals surface area contributed by atoms with E-state index in [9.17, 15) is 9.50 Å². The maximum Gasteiger partial charge on any atom is 0.129 e. The number of hydrogen-bond acceptors (Lipinski definition) is 3. The van der Waals surface area contributed by atoms with Crippen LogP contribution >= 0.6 is 11.6 Å². The van der Waals surface area contributed by atoms with Crippen LogP contribution in [-0.4, -0.2) is 10.1 Å². The fourth-order valence-corrected chi connectivity index (χ4v) is 1.77. The van der Waals surface area contributed by atoms with Crippen LogP contribution in [0.15, 0.2) is 36.5 Å². The number of rotatable bonds is 3. The maximum absolute atomic E-state index is 13.1. The Morgan fingerprint density at radius 3 is 2.78 bits per heavy atom. The molecule has 0 amide bonds. The number of aromatic hydroxyl groups is 1. The Labute approximate surface area is 109 Å². The second kappa shape index (κ2) is 5.23. The van der Waals surface area contributed by atoms with Crippen molar-refractivity contribution in [3.63, 3.8) is 0 Å². The minimum atomic E-state index is -0.384. The van der Waals surface area contributed by atoms with Gasteiger partial charge in [0.1, 0.15) is 16.7 Å². The zero-order valence-electron chi connectivity index (χ0n) is 9.69. The van der Waals surface area contributed by atoms with Crippen molar-refractivity contribution in [3.8, 4) is 5.75 Å². The van der Waals surface area contributed by atoms with E-state index in [4.69, 9.17) is 11.6 Å². The molecule has 2 aromatic rings. The molecule has 0 saturated heterocycles. The molecule has 0 fully saturated rings. The Bertz CT molecular complexity index is 545. The standard InChI is InChI=1S/C13H12ClFN2O/c1-8(11-6-9(15)2-4-12(11)18)17-10-3-5-13(14)16-7-10/h2-8,17-18H,1H3. The van der Waals surface area contributed by atoms with Gasteiger partial charge in [-0.1, -0.05) is 11.6 Å². The molecule has 0 saturated carbocycles. The summed E-state index contributed by atoms with van der Waals surface area (Å²) in [5.74, 6) is -0.330. The van der Waals surface area contributed by atoms with Gasteiger partial charge >= 0.3 is 0 Å². The lowest BCUT2D eigenvalue weighted by Crippen LogP contribution is -2.07. The zero-order valence-corrected chi connectivity index (χ0v) is 10.4. The van der Waals surface area contributed by atoms with Gasteiger partial charge in [-0.15, -0.1) is 0 Å². The largest absolute Gasteiger partial charge is 0.508 e. The molecule has 0 aliphatic heterocycles. The third-order valence-electron chi connectivity index (χ3n) is 2.57. The van der Waals surface area contributed by atoms with Gasteiger partial charge in [0.05, 0.1) is 17.9 Å². The van der Waals surface area contributed by atoms with Gasteiger partial charge in [0.2, 0.25) is 0 Å². The monoisotopic (exact) mass is 266 g/mol. The van der Waals surface area contributed by atoms with E-state index in [0.29, 0.717) is 10.7 Å². The van der Waals surface area contributed by atoms with Crippen LogP contribution in [-0.2, 0) is 0 Å². The molecule has 1 heterocycles. The van der Waals surface area contributed by atoms with Gasteiger partial charge in [-0.25, -0.2) is 9.37 Å². The van der Waals surface area contributed by atoms with E-state index >= 15 is 0 Å². The molecule has 0 radical (unpaired) electrons. The highest BCUT2D eigenvalue weighted by Crippen LogP contribution is 2.27. The summed E-state index contributed by atoms with van der Waals surface area (Å²) >= 11 is 5.68. The Morgan fingerprint density at radius 2 is 2.11 bits per heavy atom. The second-order valence-electron chi connectivity index (χ2n) is 3.94. The van der Waals surface area contributed by atoms with Crippen LogP contribution in [0.3, 0.4) is 0 Å². The van der Waals surface area contributed by atoms with Crippen LogP contribution in [0.2, 0.25) is 5.15 Å². The average Bonchev–Trinajstić information content (AvgIpc) is 2.35. The Kier molecular flexibility index (Phi) is 3.67. The second-order valence-corrected chi connectivity index (χ2v) is 4.33. The van der Waals surface area contributed by atoms with Gasteiger partial charge in [-0.3, -0.25) is 0 Å². The summed E-state index contributed by atoms with van der Waals surface area (Å²) in [7, 11) is 0. The van der Waals surface area contributed by atoms with Crippen molar-refractivity contribution in [2.24, 2.45) is 0 Å². The average molecular weight is 267 g/mol. The Balaban J connectivity index is 2.18. The number of benzene rings is 1. The van der Waals surface area contributed by atoms with Gasteiger partial charge in [-0.05, 0) is 37.3 Å². The van der Waals surface area contributed by atoms with E-state index in [1.165, 1.54) is 18.2 Å². The summed E-state index contributed by atoms with van der Waals surface area (Å²) in [5, 5.41) is 13.2. The highest BCUT2D eigenvalue weighted by molar-refractivity contribution is 6.29. The number of hydrogen-bond donors (Lipinski definition) is 2. The third-order valence-corrected chi connectivity index (χ3v) is 2.79. The lowest BCUT2D eigenvalue weighted by molar-refractivity contribution is 0.462. The number of anilines is 1. The molecule has 3 nitrogen and oxygen atoms in total. The van der Waals surface area contributed by atoms with Gasteiger partial charge in [0.15, 0.2) is 0 Å². The maximum atomic E-state index is 13.1. The summed E-state index contributed by atoms with van der Waals surface area (Å²) < 4.78 is 13.1. The lowest BCUT2D eigenvalue weighted by Gasteiger charge is -2.16. The molecule has 0 aliphatic carbocycles. The first kappa shape index (κ1) is 12.6. The number of halogens is 2. The van der Waals surface area contributed by atoms with Crippen LogP contribution < -0.4 is 5.32 Å². The SMILES string of the molecule is CC(Nc1ccc(Cl)nc1)c1cc(F)ccc1O. The number of phenols is 1. The first-order chi connectivity index (χ1) is 8.56. The number of nitrogens with one attached hydrogen (secondary N) is 1. The number of phenolic OH excluding ortho intramolecular Hbond substituents is 1. The summed E-state index contributed by atoms with van der Waals surface area (Å²) in [4.78, 5) is 3.93. The van der Waals surface area contributed by atoms with Crippen molar-refractivity contribution < 1.29 is 9.50 Å². The summed E-state index contributed by atoms with van der Waals surface area (Å²) in [5.41, 5.74) is 1.24. The van der Waals surface area contributed by atoms with Crippen molar-refractivity contribution in [3.05, 3.63) is 53.1 Å². The van der Waals surface area contributed by atoms with E-state index < -0.39 is 0 Å². The van der Waals surface area contributed by atoms with Gasteiger partial charge in [-0.2, -0.15) is 0 Å².